The second-order valence-corrected chi connectivity index (χ2v) is 5.24. The summed E-state index contributed by atoms with van der Waals surface area (Å²) in [7, 11) is 1.46. The van der Waals surface area contributed by atoms with E-state index in [1.807, 2.05) is 0 Å². The molecule has 0 bridgehead atoms. The first-order valence-corrected chi connectivity index (χ1v) is 6.62. The van der Waals surface area contributed by atoms with Gasteiger partial charge in [-0.2, -0.15) is 0 Å². The molecule has 4 heteroatoms. The van der Waals surface area contributed by atoms with Crippen molar-refractivity contribution in [2.75, 3.05) is 20.2 Å². The number of rotatable bonds is 5. The van der Waals surface area contributed by atoms with Crippen LogP contribution in [0.3, 0.4) is 0 Å². The van der Waals surface area contributed by atoms with Crippen molar-refractivity contribution in [2.45, 2.75) is 58.2 Å². The average molecular weight is 242 g/mol. The lowest BCUT2D eigenvalue weighted by Gasteiger charge is -2.35. The van der Waals surface area contributed by atoms with E-state index in [1.54, 1.807) is 0 Å². The van der Waals surface area contributed by atoms with Crippen LogP contribution in [0.2, 0.25) is 0 Å². The van der Waals surface area contributed by atoms with Gasteiger partial charge in [0.25, 0.3) is 0 Å². The third-order valence-corrected chi connectivity index (χ3v) is 3.38. The predicted octanol–water partition coefficient (Wildman–Crippen LogP) is 1.40. The molecule has 1 saturated heterocycles. The summed E-state index contributed by atoms with van der Waals surface area (Å²) in [6.07, 6.45) is 3.77. The molecule has 1 fully saturated rings. The number of hydrogen-bond acceptors (Lipinski definition) is 4. The summed E-state index contributed by atoms with van der Waals surface area (Å²) >= 11 is 0. The van der Waals surface area contributed by atoms with Gasteiger partial charge in [-0.1, -0.05) is 20.3 Å². The van der Waals surface area contributed by atoms with Gasteiger partial charge in [0.05, 0.1) is 7.11 Å². The molecular formula is C13H26N2O2. The van der Waals surface area contributed by atoms with Crippen molar-refractivity contribution in [2.24, 2.45) is 0 Å². The van der Waals surface area contributed by atoms with Gasteiger partial charge in [-0.05, 0) is 26.3 Å². The van der Waals surface area contributed by atoms with Gasteiger partial charge < -0.3 is 10.1 Å². The highest BCUT2D eigenvalue weighted by molar-refractivity contribution is 5.76. The molecule has 100 valence electrons. The Bertz CT molecular complexity index is 244. The van der Waals surface area contributed by atoms with Gasteiger partial charge in [-0.3, -0.25) is 9.69 Å². The second kappa shape index (κ2) is 6.97. The Hall–Kier alpha value is -0.610. The Balaban J connectivity index is 2.54. The molecule has 0 spiro atoms. The number of piperidine rings is 1. The van der Waals surface area contributed by atoms with E-state index in [1.165, 1.54) is 26.4 Å². The van der Waals surface area contributed by atoms with Gasteiger partial charge in [0.1, 0.15) is 6.04 Å². The highest BCUT2D eigenvalue weighted by atomic mass is 16.5. The first-order valence-electron chi connectivity index (χ1n) is 6.62. The van der Waals surface area contributed by atoms with Crippen LogP contribution in [-0.4, -0.2) is 49.2 Å². The highest BCUT2D eigenvalue weighted by Crippen LogP contribution is 2.16. The van der Waals surface area contributed by atoms with Gasteiger partial charge in [0.2, 0.25) is 0 Å². The molecule has 0 saturated carbocycles. The number of likely N-dealkylation sites (tertiary alicyclic amines) is 1. The Morgan fingerprint density at radius 3 is 2.71 bits per heavy atom. The lowest BCUT2D eigenvalue weighted by molar-refractivity contribution is -0.144. The van der Waals surface area contributed by atoms with Gasteiger partial charge in [-0.15, -0.1) is 0 Å². The van der Waals surface area contributed by atoms with Gasteiger partial charge in [0.15, 0.2) is 0 Å². The Labute approximate surface area is 105 Å². The monoisotopic (exact) mass is 242 g/mol. The Morgan fingerprint density at radius 2 is 2.18 bits per heavy atom. The number of hydrogen-bond donors (Lipinski definition) is 1. The summed E-state index contributed by atoms with van der Waals surface area (Å²) in [6.45, 7) is 8.19. The van der Waals surface area contributed by atoms with Crippen molar-refractivity contribution in [1.29, 1.82) is 0 Å². The largest absolute Gasteiger partial charge is 0.468 e. The van der Waals surface area contributed by atoms with E-state index in [4.69, 9.17) is 4.74 Å². The fraction of sp³-hybridized carbons (Fsp3) is 0.923. The van der Waals surface area contributed by atoms with Crippen LogP contribution in [0.25, 0.3) is 0 Å². The minimum Gasteiger partial charge on any atom is -0.468 e. The van der Waals surface area contributed by atoms with Crippen LogP contribution >= 0.6 is 0 Å². The number of esters is 1. The first kappa shape index (κ1) is 14.5. The zero-order chi connectivity index (χ0) is 12.8. The summed E-state index contributed by atoms with van der Waals surface area (Å²) in [5.74, 6) is -0.156. The van der Waals surface area contributed by atoms with Crippen LogP contribution < -0.4 is 5.32 Å². The standard InChI is InChI=1S/C13H26N2O2/c1-10(2)14-12(13(16)17-4)9-15-8-6-5-7-11(15)3/h10-12,14H,5-9H2,1-4H3. The van der Waals surface area contributed by atoms with E-state index in [0.29, 0.717) is 12.1 Å². The van der Waals surface area contributed by atoms with Crippen LogP contribution in [0.5, 0.6) is 0 Å². The molecule has 0 aromatic carbocycles. The predicted molar refractivity (Wildman–Crippen MR) is 69.0 cm³/mol. The summed E-state index contributed by atoms with van der Waals surface area (Å²) in [4.78, 5) is 14.1. The lowest BCUT2D eigenvalue weighted by Crippen LogP contribution is -2.52. The molecule has 2 atom stereocenters. The molecular weight excluding hydrogens is 216 g/mol. The van der Waals surface area contributed by atoms with E-state index in [2.05, 4.69) is 31.0 Å². The van der Waals surface area contributed by atoms with Crippen molar-refractivity contribution in [3.8, 4) is 0 Å². The second-order valence-electron chi connectivity index (χ2n) is 5.24. The molecule has 1 aliphatic rings. The highest BCUT2D eigenvalue weighted by Gasteiger charge is 2.26. The molecule has 1 aliphatic heterocycles. The molecule has 1 heterocycles. The minimum absolute atomic E-state index is 0.156. The van der Waals surface area contributed by atoms with Crippen molar-refractivity contribution in [3.63, 3.8) is 0 Å². The molecule has 0 aliphatic carbocycles. The molecule has 17 heavy (non-hydrogen) atoms. The zero-order valence-corrected chi connectivity index (χ0v) is 11.5. The van der Waals surface area contributed by atoms with Crippen molar-refractivity contribution in [1.82, 2.24) is 10.2 Å². The number of carbonyl (C=O) groups is 1. The molecule has 4 nitrogen and oxygen atoms in total. The van der Waals surface area contributed by atoms with E-state index in [-0.39, 0.29) is 12.0 Å². The summed E-state index contributed by atoms with van der Waals surface area (Å²) < 4.78 is 4.86. The first-order chi connectivity index (χ1) is 8.04. The van der Waals surface area contributed by atoms with Crippen molar-refractivity contribution < 1.29 is 9.53 Å². The van der Waals surface area contributed by atoms with E-state index in [0.717, 1.165) is 13.1 Å². The molecule has 2 unspecified atom stereocenters. The molecule has 1 rings (SSSR count). The molecule has 0 aromatic heterocycles. The molecule has 0 radical (unpaired) electrons. The van der Waals surface area contributed by atoms with Crippen molar-refractivity contribution >= 4 is 5.97 Å². The third kappa shape index (κ3) is 4.64. The van der Waals surface area contributed by atoms with Crippen LogP contribution in [0, 0.1) is 0 Å². The number of ether oxygens (including phenoxy) is 1. The van der Waals surface area contributed by atoms with Crippen molar-refractivity contribution in [3.05, 3.63) is 0 Å². The Morgan fingerprint density at radius 1 is 1.47 bits per heavy atom. The zero-order valence-electron chi connectivity index (χ0n) is 11.5. The normalized spacial score (nSPS) is 23.7. The molecule has 0 aromatic rings. The fourth-order valence-corrected chi connectivity index (χ4v) is 2.40. The van der Waals surface area contributed by atoms with Gasteiger partial charge >= 0.3 is 5.97 Å². The quantitative estimate of drug-likeness (QED) is 0.740. The van der Waals surface area contributed by atoms with E-state index < -0.39 is 0 Å². The summed E-state index contributed by atoms with van der Waals surface area (Å²) in [5, 5.41) is 3.28. The minimum atomic E-state index is -0.208. The number of nitrogens with zero attached hydrogens (tertiary/aromatic N) is 1. The lowest BCUT2D eigenvalue weighted by atomic mass is 10.0. The summed E-state index contributed by atoms with van der Waals surface area (Å²) in [5.41, 5.74) is 0. The van der Waals surface area contributed by atoms with Gasteiger partial charge in [0, 0.05) is 18.6 Å². The van der Waals surface area contributed by atoms with Gasteiger partial charge in [-0.25, -0.2) is 0 Å². The Kier molecular flexibility index (Phi) is 5.92. The van der Waals surface area contributed by atoms with E-state index in [9.17, 15) is 4.79 Å². The smallest absolute Gasteiger partial charge is 0.324 e. The maximum absolute atomic E-state index is 11.7. The average Bonchev–Trinajstić information content (AvgIpc) is 2.29. The van der Waals surface area contributed by atoms with E-state index >= 15 is 0 Å². The van der Waals surface area contributed by atoms with Crippen LogP contribution in [0.4, 0.5) is 0 Å². The third-order valence-electron chi connectivity index (χ3n) is 3.38. The van der Waals surface area contributed by atoms with Crippen LogP contribution in [-0.2, 0) is 9.53 Å². The summed E-state index contributed by atoms with van der Waals surface area (Å²) in [6, 6.07) is 0.657. The maximum Gasteiger partial charge on any atom is 0.324 e. The topological polar surface area (TPSA) is 41.6 Å². The number of nitrogens with one attached hydrogen (secondary N) is 1. The number of methoxy groups -OCH3 is 1. The fourth-order valence-electron chi connectivity index (χ4n) is 2.40. The number of carbonyl (C=O) groups excluding carboxylic acids is 1. The van der Waals surface area contributed by atoms with Crippen LogP contribution in [0.1, 0.15) is 40.0 Å². The van der Waals surface area contributed by atoms with Crippen LogP contribution in [0.15, 0.2) is 0 Å². The molecule has 0 amide bonds. The maximum atomic E-state index is 11.7. The molecule has 1 N–H and O–H groups in total. The SMILES string of the molecule is COC(=O)C(CN1CCCCC1C)NC(C)C.